The molecule has 4 heteroatoms. The monoisotopic (exact) mass is 341 g/mol. The third kappa shape index (κ3) is 4.12. The summed E-state index contributed by atoms with van der Waals surface area (Å²) in [6.07, 6.45) is 9.19. The zero-order valence-electron chi connectivity index (χ0n) is 15.1. The van der Waals surface area contributed by atoms with E-state index in [9.17, 15) is 14.7 Å². The van der Waals surface area contributed by atoms with E-state index < -0.39 is 5.97 Å². The Hall–Kier alpha value is -2.10. The lowest BCUT2D eigenvalue weighted by molar-refractivity contribution is -0.118. The molecular formula is C21H27NO3. The Morgan fingerprint density at radius 2 is 1.84 bits per heavy atom. The van der Waals surface area contributed by atoms with Gasteiger partial charge in [-0.15, -0.1) is 0 Å². The van der Waals surface area contributed by atoms with Gasteiger partial charge in [-0.1, -0.05) is 31.7 Å². The smallest absolute Gasteiger partial charge is 0.335 e. The fraction of sp³-hybridized carbons (Fsp3) is 0.524. The molecule has 0 saturated heterocycles. The molecule has 1 aromatic rings. The molecule has 1 saturated carbocycles. The summed E-state index contributed by atoms with van der Waals surface area (Å²) in [6.45, 7) is 4.15. The molecule has 1 heterocycles. The molecule has 0 atom stereocenters. The van der Waals surface area contributed by atoms with Gasteiger partial charge in [0.25, 0.3) is 0 Å². The zero-order chi connectivity index (χ0) is 18.0. The van der Waals surface area contributed by atoms with Crippen LogP contribution in [0.1, 0.15) is 73.9 Å². The number of hydrogen-bond acceptors (Lipinski definition) is 3. The van der Waals surface area contributed by atoms with Gasteiger partial charge in [0, 0.05) is 28.8 Å². The van der Waals surface area contributed by atoms with Crippen LogP contribution in [-0.2, 0) is 11.2 Å². The van der Waals surface area contributed by atoms with Gasteiger partial charge in [-0.25, -0.2) is 4.79 Å². The number of nitrogens with one attached hydrogen (secondary N) is 1. The number of hydrogen-bond donors (Lipinski definition) is 2. The van der Waals surface area contributed by atoms with Crippen molar-refractivity contribution in [2.24, 2.45) is 5.92 Å². The minimum Gasteiger partial charge on any atom is -0.478 e. The lowest BCUT2D eigenvalue weighted by Gasteiger charge is -2.36. The molecule has 1 aliphatic carbocycles. The van der Waals surface area contributed by atoms with Gasteiger partial charge in [0.05, 0.1) is 5.56 Å². The van der Waals surface area contributed by atoms with Crippen LogP contribution in [0.3, 0.4) is 0 Å². The van der Waals surface area contributed by atoms with Crippen LogP contribution in [0, 0.1) is 5.92 Å². The molecule has 1 fully saturated rings. The number of carbonyl (C=O) groups excluding carboxylic acids is 1. The second kappa shape index (κ2) is 7.03. The largest absolute Gasteiger partial charge is 0.478 e. The summed E-state index contributed by atoms with van der Waals surface area (Å²) in [4.78, 5) is 24.1. The first-order valence-corrected chi connectivity index (χ1v) is 9.26. The lowest BCUT2D eigenvalue weighted by Crippen LogP contribution is -2.44. The van der Waals surface area contributed by atoms with Crippen LogP contribution in [0.4, 0.5) is 0 Å². The zero-order valence-corrected chi connectivity index (χ0v) is 15.1. The Labute approximate surface area is 149 Å². The van der Waals surface area contributed by atoms with E-state index >= 15 is 0 Å². The second-order valence-electron chi connectivity index (χ2n) is 8.01. The molecule has 1 aromatic carbocycles. The minimum atomic E-state index is -0.917. The highest BCUT2D eigenvalue weighted by molar-refractivity contribution is 5.99. The third-order valence-corrected chi connectivity index (χ3v) is 5.29. The molecule has 3 rings (SSSR count). The van der Waals surface area contributed by atoms with Crippen LogP contribution in [-0.4, -0.2) is 22.4 Å². The van der Waals surface area contributed by atoms with Crippen LogP contribution in [0.5, 0.6) is 0 Å². The average molecular weight is 341 g/mol. The number of benzene rings is 1. The van der Waals surface area contributed by atoms with E-state index in [0.717, 1.165) is 48.9 Å². The van der Waals surface area contributed by atoms with E-state index in [1.165, 1.54) is 12.8 Å². The van der Waals surface area contributed by atoms with Crippen LogP contribution in [0.2, 0.25) is 0 Å². The highest BCUT2D eigenvalue weighted by atomic mass is 16.4. The minimum absolute atomic E-state index is 0.128. The van der Waals surface area contributed by atoms with Crippen molar-refractivity contribution >= 4 is 17.4 Å². The summed E-state index contributed by atoms with van der Waals surface area (Å²) < 4.78 is 0. The predicted molar refractivity (Wildman–Crippen MR) is 98.5 cm³/mol. The first kappa shape index (κ1) is 17.7. The maximum absolute atomic E-state index is 12.8. The standard InChI is InChI=1S/C21H27NO3/c1-21(2)13-16-11-15(20(24)25)9-10-17(16)18(22-21)12-19(23)14-7-5-3-4-6-8-14/h9-12,14,22H,3-8,13H2,1-2H3,(H,24,25). The molecule has 0 aromatic heterocycles. The maximum Gasteiger partial charge on any atom is 0.335 e. The highest BCUT2D eigenvalue weighted by Gasteiger charge is 2.29. The van der Waals surface area contributed by atoms with E-state index in [0.29, 0.717) is 5.56 Å². The van der Waals surface area contributed by atoms with Gasteiger partial charge >= 0.3 is 5.97 Å². The Morgan fingerprint density at radius 1 is 1.16 bits per heavy atom. The summed E-state index contributed by atoms with van der Waals surface area (Å²) in [5, 5.41) is 12.7. The highest BCUT2D eigenvalue weighted by Crippen LogP contribution is 2.32. The van der Waals surface area contributed by atoms with Crippen molar-refractivity contribution in [2.45, 2.75) is 64.3 Å². The van der Waals surface area contributed by atoms with E-state index in [1.807, 2.05) is 6.07 Å². The second-order valence-corrected chi connectivity index (χ2v) is 8.01. The average Bonchev–Trinajstić information content (AvgIpc) is 2.82. The van der Waals surface area contributed by atoms with E-state index in [4.69, 9.17) is 0 Å². The Bertz CT molecular complexity index is 710. The van der Waals surface area contributed by atoms with Crippen molar-refractivity contribution in [3.63, 3.8) is 0 Å². The number of carboxylic acid groups (broad SMARTS) is 1. The van der Waals surface area contributed by atoms with Crippen molar-refractivity contribution in [2.75, 3.05) is 0 Å². The Balaban J connectivity index is 1.93. The molecule has 0 bridgehead atoms. The molecular weight excluding hydrogens is 314 g/mol. The number of rotatable bonds is 3. The van der Waals surface area contributed by atoms with Gasteiger partial charge in [0.15, 0.2) is 5.78 Å². The van der Waals surface area contributed by atoms with Gasteiger partial charge in [0.1, 0.15) is 0 Å². The van der Waals surface area contributed by atoms with Crippen LogP contribution < -0.4 is 5.32 Å². The number of carbonyl (C=O) groups is 2. The maximum atomic E-state index is 12.8. The van der Waals surface area contributed by atoms with Crippen LogP contribution in [0.15, 0.2) is 24.3 Å². The molecule has 0 spiro atoms. The molecule has 0 unspecified atom stereocenters. The van der Waals surface area contributed by atoms with E-state index in [1.54, 1.807) is 18.2 Å². The van der Waals surface area contributed by atoms with Gasteiger partial charge in [-0.2, -0.15) is 0 Å². The van der Waals surface area contributed by atoms with Crippen molar-refractivity contribution in [3.8, 4) is 0 Å². The van der Waals surface area contributed by atoms with Crippen LogP contribution >= 0.6 is 0 Å². The summed E-state index contributed by atoms with van der Waals surface area (Å²) in [5.74, 6) is -0.585. The summed E-state index contributed by atoms with van der Waals surface area (Å²) in [5.41, 5.74) is 2.86. The fourth-order valence-corrected chi connectivity index (χ4v) is 4.03. The number of ketones is 1. The molecule has 25 heavy (non-hydrogen) atoms. The predicted octanol–water partition coefficient (Wildman–Crippen LogP) is 4.19. The number of fused-ring (bicyclic) bond motifs is 1. The Kier molecular flexibility index (Phi) is 4.98. The lowest BCUT2D eigenvalue weighted by atomic mass is 9.84. The molecule has 2 aliphatic rings. The molecule has 4 nitrogen and oxygen atoms in total. The SMILES string of the molecule is CC1(C)Cc2cc(C(=O)O)ccc2C(=CC(=O)C2CCCCCC2)N1. The van der Waals surface area contributed by atoms with Gasteiger partial charge in [-0.3, -0.25) is 4.79 Å². The number of carboxylic acids is 1. The quantitative estimate of drug-likeness (QED) is 0.639. The van der Waals surface area contributed by atoms with Gasteiger partial charge in [0.2, 0.25) is 0 Å². The summed E-state index contributed by atoms with van der Waals surface area (Å²) in [7, 11) is 0. The van der Waals surface area contributed by atoms with Gasteiger partial charge < -0.3 is 10.4 Å². The van der Waals surface area contributed by atoms with E-state index in [-0.39, 0.29) is 17.2 Å². The Morgan fingerprint density at radius 3 is 2.48 bits per heavy atom. The van der Waals surface area contributed by atoms with Crippen molar-refractivity contribution in [3.05, 3.63) is 41.0 Å². The molecule has 0 amide bonds. The number of allylic oxidation sites excluding steroid dienone is 1. The van der Waals surface area contributed by atoms with Crippen LogP contribution in [0.25, 0.3) is 5.70 Å². The number of aromatic carboxylic acids is 1. The first-order valence-electron chi connectivity index (χ1n) is 9.26. The molecule has 134 valence electrons. The van der Waals surface area contributed by atoms with Crippen molar-refractivity contribution in [1.29, 1.82) is 0 Å². The fourth-order valence-electron chi connectivity index (χ4n) is 4.03. The molecule has 0 radical (unpaired) electrons. The topological polar surface area (TPSA) is 66.4 Å². The summed E-state index contributed by atoms with van der Waals surface area (Å²) >= 11 is 0. The normalized spacial score (nSPS) is 21.9. The van der Waals surface area contributed by atoms with Crippen molar-refractivity contribution in [1.82, 2.24) is 5.32 Å². The first-order chi connectivity index (χ1) is 11.9. The van der Waals surface area contributed by atoms with Gasteiger partial charge in [-0.05, 0) is 50.8 Å². The molecule has 1 aliphatic heterocycles. The molecule has 2 N–H and O–H groups in total. The van der Waals surface area contributed by atoms with E-state index in [2.05, 4.69) is 19.2 Å². The van der Waals surface area contributed by atoms with Crippen molar-refractivity contribution < 1.29 is 14.7 Å². The summed E-state index contributed by atoms with van der Waals surface area (Å²) in [6, 6.07) is 5.18. The third-order valence-electron chi connectivity index (χ3n) is 5.29.